The Labute approximate surface area is 149 Å². The fourth-order valence-corrected chi connectivity index (χ4v) is 2.69. The third kappa shape index (κ3) is 5.63. The number of piperidine rings is 1. The molecule has 0 atom stereocenters. The van der Waals surface area contributed by atoms with Gasteiger partial charge in [0.25, 0.3) is 5.91 Å². The summed E-state index contributed by atoms with van der Waals surface area (Å²) >= 11 is 0. The summed E-state index contributed by atoms with van der Waals surface area (Å²) in [6.07, 6.45) is 1.38. The van der Waals surface area contributed by atoms with Gasteiger partial charge in [0.2, 0.25) is 0 Å². The first kappa shape index (κ1) is 20.7. The number of ether oxygens (including phenoxy) is 3. The second kappa shape index (κ2) is 10.5. The van der Waals surface area contributed by atoms with Crippen LogP contribution in [0, 0.1) is 0 Å². The highest BCUT2D eigenvalue weighted by Gasteiger charge is 2.39. The minimum absolute atomic E-state index is 0. The number of amides is 1. The molecule has 1 saturated heterocycles. The normalized spacial score (nSPS) is 16.1. The first-order valence-electron chi connectivity index (χ1n) is 7.95. The molecule has 136 valence electrons. The number of carbonyl (C=O) groups is 1. The van der Waals surface area contributed by atoms with Crippen LogP contribution >= 0.6 is 12.4 Å². The largest absolute Gasteiger partial charge is 0.491 e. The highest BCUT2D eigenvalue weighted by atomic mass is 35.5. The number of rotatable bonds is 8. The Morgan fingerprint density at radius 2 is 2.00 bits per heavy atom. The fraction of sp³-hybridized carbons (Fsp3) is 0.588. The fourth-order valence-electron chi connectivity index (χ4n) is 2.69. The lowest BCUT2D eigenvalue weighted by molar-refractivity contribution is -0.146. The molecule has 1 aliphatic rings. The average molecular weight is 359 g/mol. The molecule has 1 aromatic carbocycles. The van der Waals surface area contributed by atoms with E-state index in [0.29, 0.717) is 32.6 Å². The second-order valence-corrected chi connectivity index (χ2v) is 5.62. The summed E-state index contributed by atoms with van der Waals surface area (Å²) in [4.78, 5) is 12.5. The van der Waals surface area contributed by atoms with Crippen LogP contribution in [0.15, 0.2) is 24.3 Å². The lowest BCUT2D eigenvalue weighted by Crippen LogP contribution is -2.53. The maximum atomic E-state index is 12.5. The lowest BCUT2D eigenvalue weighted by Gasteiger charge is -2.34. The summed E-state index contributed by atoms with van der Waals surface area (Å²) in [5.74, 6) is 0.726. The summed E-state index contributed by atoms with van der Waals surface area (Å²) in [6, 6.07) is 7.70. The summed E-state index contributed by atoms with van der Waals surface area (Å²) < 4.78 is 16.1. The van der Waals surface area contributed by atoms with Crippen molar-refractivity contribution in [2.75, 3.05) is 40.5 Å². The molecule has 2 N–H and O–H groups in total. The SMILES string of the molecule is COCCOc1cccc(CNC(=O)C2(OC)CCNCC2)c1.Cl. The molecule has 1 aliphatic heterocycles. The zero-order chi connectivity index (χ0) is 16.5. The maximum absolute atomic E-state index is 12.5. The van der Waals surface area contributed by atoms with Crippen molar-refractivity contribution in [2.24, 2.45) is 0 Å². The van der Waals surface area contributed by atoms with Gasteiger partial charge in [-0.1, -0.05) is 12.1 Å². The molecule has 2 rings (SSSR count). The topological polar surface area (TPSA) is 68.8 Å². The third-order valence-electron chi connectivity index (χ3n) is 4.12. The van der Waals surface area contributed by atoms with Crippen molar-refractivity contribution in [1.29, 1.82) is 0 Å². The molecular weight excluding hydrogens is 332 g/mol. The van der Waals surface area contributed by atoms with Crippen molar-refractivity contribution in [3.63, 3.8) is 0 Å². The zero-order valence-electron chi connectivity index (χ0n) is 14.3. The van der Waals surface area contributed by atoms with E-state index in [-0.39, 0.29) is 18.3 Å². The standard InChI is InChI=1S/C17H26N2O4.ClH/c1-21-10-11-23-15-5-3-4-14(12-15)13-19-16(20)17(22-2)6-8-18-9-7-17;/h3-5,12,18H,6-11,13H2,1-2H3,(H,19,20);1H. The molecule has 24 heavy (non-hydrogen) atoms. The summed E-state index contributed by atoms with van der Waals surface area (Å²) in [6.45, 7) is 3.10. The van der Waals surface area contributed by atoms with Crippen LogP contribution in [0.5, 0.6) is 5.75 Å². The molecule has 0 saturated carbocycles. The first-order valence-corrected chi connectivity index (χ1v) is 7.95. The molecule has 0 radical (unpaired) electrons. The first-order chi connectivity index (χ1) is 11.2. The molecule has 0 unspecified atom stereocenters. The van der Waals surface area contributed by atoms with Crippen LogP contribution in [0.2, 0.25) is 0 Å². The van der Waals surface area contributed by atoms with Gasteiger partial charge in [0, 0.05) is 20.8 Å². The van der Waals surface area contributed by atoms with E-state index in [2.05, 4.69) is 10.6 Å². The molecule has 1 amide bonds. The predicted molar refractivity (Wildman–Crippen MR) is 94.8 cm³/mol. The molecule has 1 aromatic rings. The van der Waals surface area contributed by atoms with E-state index in [1.807, 2.05) is 24.3 Å². The van der Waals surface area contributed by atoms with Gasteiger partial charge < -0.3 is 24.8 Å². The van der Waals surface area contributed by atoms with Crippen molar-refractivity contribution in [2.45, 2.75) is 25.0 Å². The molecule has 1 fully saturated rings. The second-order valence-electron chi connectivity index (χ2n) is 5.62. The van der Waals surface area contributed by atoms with Crippen LogP contribution in [0.3, 0.4) is 0 Å². The number of methoxy groups -OCH3 is 2. The Morgan fingerprint density at radius 1 is 1.25 bits per heavy atom. The van der Waals surface area contributed by atoms with Gasteiger partial charge in [-0.3, -0.25) is 4.79 Å². The van der Waals surface area contributed by atoms with E-state index in [0.717, 1.165) is 24.4 Å². The minimum Gasteiger partial charge on any atom is -0.491 e. The molecular formula is C17H27ClN2O4. The molecule has 0 aromatic heterocycles. The molecule has 0 bridgehead atoms. The Morgan fingerprint density at radius 3 is 2.67 bits per heavy atom. The number of hydrogen-bond acceptors (Lipinski definition) is 5. The Bertz CT molecular complexity index is 507. The number of nitrogens with one attached hydrogen (secondary N) is 2. The van der Waals surface area contributed by atoms with Gasteiger partial charge in [-0.25, -0.2) is 0 Å². The van der Waals surface area contributed by atoms with Gasteiger partial charge in [0.1, 0.15) is 18.0 Å². The smallest absolute Gasteiger partial charge is 0.252 e. The lowest BCUT2D eigenvalue weighted by atomic mass is 9.91. The number of benzene rings is 1. The van der Waals surface area contributed by atoms with Gasteiger partial charge in [-0.15, -0.1) is 12.4 Å². The predicted octanol–water partition coefficient (Wildman–Crippen LogP) is 1.52. The quantitative estimate of drug-likeness (QED) is 0.689. The summed E-state index contributed by atoms with van der Waals surface area (Å²) in [5.41, 5.74) is 0.283. The monoisotopic (exact) mass is 358 g/mol. The highest BCUT2D eigenvalue weighted by molar-refractivity contribution is 5.85. The average Bonchev–Trinajstić information content (AvgIpc) is 2.61. The van der Waals surface area contributed by atoms with Gasteiger partial charge in [0.15, 0.2) is 0 Å². The van der Waals surface area contributed by atoms with E-state index in [1.165, 1.54) is 0 Å². The van der Waals surface area contributed by atoms with Crippen molar-refractivity contribution in [3.05, 3.63) is 29.8 Å². The summed E-state index contributed by atoms with van der Waals surface area (Å²) in [7, 11) is 3.25. The maximum Gasteiger partial charge on any atom is 0.252 e. The van der Waals surface area contributed by atoms with Crippen molar-refractivity contribution in [3.8, 4) is 5.75 Å². The van der Waals surface area contributed by atoms with Crippen molar-refractivity contribution in [1.82, 2.24) is 10.6 Å². The van der Waals surface area contributed by atoms with Crippen LogP contribution in [0.25, 0.3) is 0 Å². The molecule has 7 heteroatoms. The number of hydrogen-bond donors (Lipinski definition) is 2. The van der Waals surface area contributed by atoms with Gasteiger partial charge in [-0.05, 0) is 43.6 Å². The molecule has 1 heterocycles. The summed E-state index contributed by atoms with van der Waals surface area (Å²) in [5, 5.41) is 6.23. The number of halogens is 1. The van der Waals surface area contributed by atoms with Crippen LogP contribution in [-0.2, 0) is 20.8 Å². The van der Waals surface area contributed by atoms with Crippen LogP contribution in [0.4, 0.5) is 0 Å². The zero-order valence-corrected chi connectivity index (χ0v) is 15.1. The molecule has 6 nitrogen and oxygen atoms in total. The van der Waals surface area contributed by atoms with Crippen molar-refractivity contribution >= 4 is 18.3 Å². The van der Waals surface area contributed by atoms with Crippen LogP contribution in [0.1, 0.15) is 18.4 Å². The van der Waals surface area contributed by atoms with Crippen LogP contribution in [-0.4, -0.2) is 52.0 Å². The molecule has 0 spiro atoms. The van der Waals surface area contributed by atoms with Crippen molar-refractivity contribution < 1.29 is 19.0 Å². The van der Waals surface area contributed by atoms with Gasteiger partial charge >= 0.3 is 0 Å². The Kier molecular flexibility index (Phi) is 9.07. The Hall–Kier alpha value is -1.34. The Balaban J connectivity index is 0.00000288. The third-order valence-corrected chi connectivity index (χ3v) is 4.12. The van der Waals surface area contributed by atoms with E-state index in [4.69, 9.17) is 14.2 Å². The van der Waals surface area contributed by atoms with Gasteiger partial charge in [-0.2, -0.15) is 0 Å². The minimum atomic E-state index is -0.710. The van der Waals surface area contributed by atoms with E-state index in [9.17, 15) is 4.79 Å². The van der Waals surface area contributed by atoms with E-state index < -0.39 is 5.60 Å². The van der Waals surface area contributed by atoms with Crippen LogP contribution < -0.4 is 15.4 Å². The highest BCUT2D eigenvalue weighted by Crippen LogP contribution is 2.23. The van der Waals surface area contributed by atoms with E-state index in [1.54, 1.807) is 14.2 Å². The van der Waals surface area contributed by atoms with E-state index >= 15 is 0 Å². The molecule has 0 aliphatic carbocycles. The van der Waals surface area contributed by atoms with Gasteiger partial charge in [0.05, 0.1) is 6.61 Å². The number of carbonyl (C=O) groups excluding carboxylic acids is 1.